The van der Waals surface area contributed by atoms with Gasteiger partial charge in [-0.2, -0.15) is 0 Å². The molecule has 140 valence electrons. The molecule has 0 aliphatic heterocycles. The lowest BCUT2D eigenvalue weighted by Gasteiger charge is -2.14. The Balaban J connectivity index is 2.79. The Morgan fingerprint density at radius 1 is 1.12 bits per heavy atom. The van der Waals surface area contributed by atoms with Gasteiger partial charge in [0.1, 0.15) is 15.9 Å². The summed E-state index contributed by atoms with van der Waals surface area (Å²) in [5, 5.41) is 11.4. The molecule has 1 unspecified atom stereocenters. The maximum Gasteiger partial charge on any atom is 0.326 e. The zero-order valence-electron chi connectivity index (χ0n) is 13.7. The molecule has 11 heteroatoms. The van der Waals surface area contributed by atoms with E-state index in [2.05, 4.69) is 10.0 Å². The van der Waals surface area contributed by atoms with Crippen LogP contribution >= 0.6 is 0 Å². The summed E-state index contributed by atoms with van der Waals surface area (Å²) in [6, 6.07) is 4.01. The Kier molecular flexibility index (Phi) is 6.94. The largest absolute Gasteiger partial charge is 0.480 e. The van der Waals surface area contributed by atoms with Crippen molar-refractivity contribution >= 4 is 37.4 Å². The minimum atomic E-state index is -3.45. The molecule has 1 amide bonds. The van der Waals surface area contributed by atoms with E-state index in [4.69, 9.17) is 5.11 Å². The first kappa shape index (κ1) is 20.9. The van der Waals surface area contributed by atoms with Crippen molar-refractivity contribution in [3.05, 3.63) is 29.8 Å². The number of aliphatic carboxylic acids is 1. The Morgan fingerprint density at radius 2 is 1.68 bits per heavy atom. The van der Waals surface area contributed by atoms with Gasteiger partial charge < -0.3 is 10.4 Å². The van der Waals surface area contributed by atoms with Crippen LogP contribution in [0.2, 0.25) is 0 Å². The van der Waals surface area contributed by atoms with Gasteiger partial charge in [-0.25, -0.2) is 21.6 Å². The maximum absolute atomic E-state index is 12.1. The number of rotatable bonds is 9. The van der Waals surface area contributed by atoms with Crippen LogP contribution in [0.1, 0.15) is 23.7 Å². The van der Waals surface area contributed by atoms with E-state index < -0.39 is 37.8 Å². The quantitative estimate of drug-likeness (QED) is 0.538. The van der Waals surface area contributed by atoms with Gasteiger partial charge in [0.2, 0.25) is 10.0 Å². The first-order chi connectivity index (χ1) is 11.4. The SMILES string of the molecule is CCS(=O)(=O)CCC(NC(=O)c1ccc(NS(C)(=O)=O)cc1)C(=O)O. The number of carboxylic acid groups (broad SMARTS) is 1. The third-order valence-electron chi connectivity index (χ3n) is 3.21. The molecule has 0 heterocycles. The summed E-state index contributed by atoms with van der Waals surface area (Å²) < 4.78 is 47.4. The van der Waals surface area contributed by atoms with Crippen LogP contribution in [0.15, 0.2) is 24.3 Å². The average Bonchev–Trinajstić information content (AvgIpc) is 2.50. The summed E-state index contributed by atoms with van der Waals surface area (Å²) in [4.78, 5) is 23.3. The monoisotopic (exact) mass is 392 g/mol. The minimum Gasteiger partial charge on any atom is -0.480 e. The third-order valence-corrected chi connectivity index (χ3v) is 5.55. The summed E-state index contributed by atoms with van der Waals surface area (Å²) in [6.07, 6.45) is 0.737. The summed E-state index contributed by atoms with van der Waals surface area (Å²) in [5.41, 5.74) is 0.367. The molecule has 0 bridgehead atoms. The van der Waals surface area contributed by atoms with Crippen LogP contribution in [0.4, 0.5) is 5.69 Å². The lowest BCUT2D eigenvalue weighted by molar-refractivity contribution is -0.139. The van der Waals surface area contributed by atoms with Crippen molar-refractivity contribution in [3.63, 3.8) is 0 Å². The van der Waals surface area contributed by atoms with E-state index in [0.717, 1.165) is 6.26 Å². The summed E-state index contributed by atoms with van der Waals surface area (Å²) in [5.74, 6) is -2.50. The van der Waals surface area contributed by atoms with Gasteiger partial charge in [-0.05, 0) is 30.7 Å². The van der Waals surface area contributed by atoms with Crippen LogP contribution in [-0.2, 0) is 24.7 Å². The lowest BCUT2D eigenvalue weighted by atomic mass is 10.1. The molecular formula is C14H20N2O7S2. The number of nitrogens with one attached hydrogen (secondary N) is 2. The number of carbonyl (C=O) groups is 2. The Hall–Kier alpha value is -2.14. The van der Waals surface area contributed by atoms with Gasteiger partial charge in [-0.1, -0.05) is 6.92 Å². The molecule has 3 N–H and O–H groups in total. The van der Waals surface area contributed by atoms with Gasteiger partial charge in [0.25, 0.3) is 5.91 Å². The van der Waals surface area contributed by atoms with E-state index in [9.17, 15) is 26.4 Å². The molecule has 0 saturated carbocycles. The second-order valence-corrected chi connectivity index (χ2v) is 9.56. The predicted molar refractivity (Wildman–Crippen MR) is 92.7 cm³/mol. The van der Waals surface area contributed by atoms with Crippen molar-refractivity contribution in [2.75, 3.05) is 22.5 Å². The molecule has 1 aromatic carbocycles. The van der Waals surface area contributed by atoms with Crippen LogP contribution < -0.4 is 10.0 Å². The fourth-order valence-electron chi connectivity index (χ4n) is 1.84. The molecule has 0 aliphatic carbocycles. The first-order valence-electron chi connectivity index (χ1n) is 7.25. The van der Waals surface area contributed by atoms with E-state index in [-0.39, 0.29) is 29.2 Å². The van der Waals surface area contributed by atoms with Gasteiger partial charge in [0.15, 0.2) is 0 Å². The fourth-order valence-corrected chi connectivity index (χ4v) is 3.29. The zero-order chi connectivity index (χ0) is 19.3. The molecule has 1 atom stereocenters. The van der Waals surface area contributed by atoms with Gasteiger partial charge in [-0.3, -0.25) is 9.52 Å². The first-order valence-corrected chi connectivity index (χ1v) is 11.0. The fraction of sp³-hybridized carbons (Fsp3) is 0.429. The van der Waals surface area contributed by atoms with Crippen molar-refractivity contribution in [2.24, 2.45) is 0 Å². The topological polar surface area (TPSA) is 147 Å². The molecule has 25 heavy (non-hydrogen) atoms. The highest BCUT2D eigenvalue weighted by atomic mass is 32.2. The standard InChI is InChI=1S/C14H20N2O7S2/c1-3-25(22,23)9-8-12(14(18)19)15-13(17)10-4-6-11(7-5-10)16-24(2,20)21/h4-7,12,16H,3,8-9H2,1-2H3,(H,15,17)(H,18,19). The van der Waals surface area contributed by atoms with Crippen molar-refractivity contribution < 1.29 is 31.5 Å². The van der Waals surface area contributed by atoms with Crippen molar-refractivity contribution in [3.8, 4) is 0 Å². The molecule has 0 radical (unpaired) electrons. The number of hydrogen-bond acceptors (Lipinski definition) is 6. The van der Waals surface area contributed by atoms with E-state index in [1.165, 1.54) is 31.2 Å². The normalized spacial score (nSPS) is 13.0. The van der Waals surface area contributed by atoms with E-state index >= 15 is 0 Å². The number of sulfone groups is 1. The third kappa shape index (κ3) is 7.52. The van der Waals surface area contributed by atoms with Crippen LogP contribution in [0.5, 0.6) is 0 Å². The summed E-state index contributed by atoms with van der Waals surface area (Å²) in [6.45, 7) is 1.45. The number of anilines is 1. The number of carbonyl (C=O) groups excluding carboxylic acids is 1. The molecule has 0 aliphatic rings. The number of amides is 1. The molecule has 9 nitrogen and oxygen atoms in total. The molecule has 0 fully saturated rings. The van der Waals surface area contributed by atoms with Crippen molar-refractivity contribution in [2.45, 2.75) is 19.4 Å². The van der Waals surface area contributed by atoms with Gasteiger partial charge in [-0.15, -0.1) is 0 Å². The lowest BCUT2D eigenvalue weighted by Crippen LogP contribution is -2.42. The zero-order valence-corrected chi connectivity index (χ0v) is 15.4. The second kappa shape index (κ2) is 8.30. The molecule has 1 rings (SSSR count). The number of sulfonamides is 1. The van der Waals surface area contributed by atoms with Gasteiger partial charge >= 0.3 is 5.97 Å². The van der Waals surface area contributed by atoms with Crippen LogP contribution in [0, 0.1) is 0 Å². The minimum absolute atomic E-state index is 0.109. The highest BCUT2D eigenvalue weighted by molar-refractivity contribution is 7.92. The van der Waals surface area contributed by atoms with Crippen LogP contribution in [-0.4, -0.2) is 57.6 Å². The van der Waals surface area contributed by atoms with Crippen LogP contribution in [0.25, 0.3) is 0 Å². The molecule has 1 aromatic rings. The molecule has 0 aromatic heterocycles. The van der Waals surface area contributed by atoms with E-state index in [0.29, 0.717) is 0 Å². The number of carboxylic acids is 1. The predicted octanol–water partition coefficient (Wildman–Crippen LogP) is 0.0659. The van der Waals surface area contributed by atoms with Crippen LogP contribution in [0.3, 0.4) is 0 Å². The van der Waals surface area contributed by atoms with Gasteiger partial charge in [0, 0.05) is 17.0 Å². The summed E-state index contributed by atoms with van der Waals surface area (Å²) in [7, 11) is -6.80. The van der Waals surface area contributed by atoms with E-state index in [1.54, 1.807) is 0 Å². The summed E-state index contributed by atoms with van der Waals surface area (Å²) >= 11 is 0. The maximum atomic E-state index is 12.1. The molecule has 0 spiro atoms. The van der Waals surface area contributed by atoms with Crippen molar-refractivity contribution in [1.82, 2.24) is 5.32 Å². The second-order valence-electron chi connectivity index (χ2n) is 5.34. The number of benzene rings is 1. The van der Waals surface area contributed by atoms with Crippen molar-refractivity contribution in [1.29, 1.82) is 0 Å². The Labute approximate surface area is 146 Å². The smallest absolute Gasteiger partial charge is 0.326 e. The average molecular weight is 392 g/mol. The Bertz CT molecular complexity index is 830. The Morgan fingerprint density at radius 3 is 2.12 bits per heavy atom. The highest BCUT2D eigenvalue weighted by Crippen LogP contribution is 2.11. The van der Waals surface area contributed by atoms with E-state index in [1.807, 2.05) is 0 Å². The molecular weight excluding hydrogens is 372 g/mol. The number of hydrogen-bond donors (Lipinski definition) is 3. The highest BCUT2D eigenvalue weighted by Gasteiger charge is 2.23. The molecule has 0 saturated heterocycles. The van der Waals surface area contributed by atoms with Gasteiger partial charge in [0.05, 0.1) is 12.0 Å².